The van der Waals surface area contributed by atoms with Gasteiger partial charge in [-0.25, -0.2) is 0 Å². The van der Waals surface area contributed by atoms with Crippen molar-refractivity contribution < 1.29 is 18.8 Å². The molecule has 5 nitrogen and oxygen atoms in total. The van der Waals surface area contributed by atoms with Crippen molar-refractivity contribution in [2.75, 3.05) is 13.2 Å². The quantitative estimate of drug-likeness (QED) is 0.297. The molecule has 0 bridgehead atoms. The van der Waals surface area contributed by atoms with Gasteiger partial charge in [0.2, 0.25) is 4.33 Å². The third-order valence-corrected chi connectivity index (χ3v) is 11.6. The summed E-state index contributed by atoms with van der Waals surface area (Å²) < 4.78 is 9.85. The van der Waals surface area contributed by atoms with E-state index in [2.05, 4.69) is 33.9 Å². The second-order valence-corrected chi connectivity index (χ2v) is 15.5. The molecule has 2 atom stereocenters. The van der Waals surface area contributed by atoms with Gasteiger partial charge < -0.3 is 14.1 Å². The number of ether oxygens (including phenoxy) is 1. The summed E-state index contributed by atoms with van der Waals surface area (Å²) in [5, 5.41) is 0.00945. The minimum Gasteiger partial charge on any atom is -0.466 e. The highest BCUT2D eigenvalue weighted by Gasteiger charge is 2.58. The van der Waals surface area contributed by atoms with E-state index < -0.39 is 36.5 Å². The predicted octanol–water partition coefficient (Wildman–Crippen LogP) is 5.16. The maximum atomic E-state index is 13.2. The molecule has 1 aromatic carbocycles. The Morgan fingerprint density at radius 3 is 2.33 bits per heavy atom. The zero-order chi connectivity index (χ0) is 22.7. The molecule has 0 saturated carbocycles. The summed E-state index contributed by atoms with van der Waals surface area (Å²) in [5.74, 6) is -1.44. The monoisotopic (exact) mass is 473 g/mol. The third kappa shape index (κ3) is 5.58. The molecule has 1 amide bonds. The highest BCUT2D eigenvalue weighted by Crippen LogP contribution is 2.46. The zero-order valence-corrected chi connectivity index (χ0v) is 21.2. The largest absolute Gasteiger partial charge is 0.466 e. The van der Waals surface area contributed by atoms with Gasteiger partial charge >= 0.3 is 5.97 Å². The molecule has 0 aromatic heterocycles. The summed E-state index contributed by atoms with van der Waals surface area (Å²) in [5.41, 5.74) is 0.962. The van der Waals surface area contributed by atoms with Gasteiger partial charge in [-0.05, 0) is 30.6 Å². The van der Waals surface area contributed by atoms with Crippen LogP contribution in [0, 0.1) is 5.92 Å². The van der Waals surface area contributed by atoms with Crippen molar-refractivity contribution in [1.82, 2.24) is 4.90 Å². The predicted molar refractivity (Wildman–Crippen MR) is 123 cm³/mol. The van der Waals surface area contributed by atoms with Crippen LogP contribution in [-0.4, -0.2) is 48.7 Å². The third-order valence-electron chi connectivity index (χ3n) is 6.19. The summed E-state index contributed by atoms with van der Waals surface area (Å²) >= 11 is 13.1. The fraction of sp³-hybridized carbons (Fsp3) is 0.636. The van der Waals surface area contributed by atoms with E-state index in [0.29, 0.717) is 6.54 Å². The summed E-state index contributed by atoms with van der Waals surface area (Å²) in [6.45, 7) is 13.4. The van der Waals surface area contributed by atoms with Crippen molar-refractivity contribution in [3.63, 3.8) is 0 Å². The molecule has 1 aliphatic rings. The Balaban J connectivity index is 2.34. The maximum Gasteiger partial charge on any atom is 0.306 e. The van der Waals surface area contributed by atoms with Crippen LogP contribution >= 0.6 is 23.2 Å². The van der Waals surface area contributed by atoms with Gasteiger partial charge in [0.25, 0.3) is 5.91 Å². The summed E-state index contributed by atoms with van der Waals surface area (Å²) in [4.78, 5) is 27.1. The lowest BCUT2D eigenvalue weighted by Gasteiger charge is -2.38. The number of carbonyl (C=O) groups is 2. The van der Waals surface area contributed by atoms with E-state index in [1.807, 2.05) is 30.3 Å². The standard InChI is InChI=1S/C22H33Cl2NO4Si/c1-7-28-19(26)13-17-18(15-29-30(5,6)21(2,3)4)25(20(27)22(17,23)24)14-16-11-9-8-10-12-16/h8-12,17-18H,7,13-15H2,1-6H3/t17-,18+/m0/s1. The highest BCUT2D eigenvalue weighted by atomic mass is 35.5. The van der Waals surface area contributed by atoms with Crippen LogP contribution in [0.5, 0.6) is 0 Å². The van der Waals surface area contributed by atoms with Crippen molar-refractivity contribution in [3.8, 4) is 0 Å². The number of rotatable bonds is 8. The fourth-order valence-electron chi connectivity index (χ4n) is 3.31. The molecule has 1 heterocycles. The van der Waals surface area contributed by atoms with E-state index >= 15 is 0 Å². The molecule has 1 saturated heterocycles. The molecule has 0 spiro atoms. The van der Waals surface area contributed by atoms with E-state index in [1.165, 1.54) is 0 Å². The van der Waals surface area contributed by atoms with Crippen molar-refractivity contribution in [3.05, 3.63) is 35.9 Å². The molecule has 2 rings (SSSR count). The first-order valence-electron chi connectivity index (χ1n) is 10.3. The lowest BCUT2D eigenvalue weighted by molar-refractivity contribution is -0.144. The molecule has 0 aliphatic carbocycles. The van der Waals surface area contributed by atoms with Crippen LogP contribution in [0.4, 0.5) is 0 Å². The number of benzene rings is 1. The molecule has 8 heteroatoms. The average Bonchev–Trinajstić information content (AvgIpc) is 2.81. The SMILES string of the molecule is CCOC(=O)C[C@H]1[C@@H](CO[Si](C)(C)C(C)(C)C)N(Cc2ccccc2)C(=O)C1(Cl)Cl. The fourth-order valence-corrected chi connectivity index (χ4v) is 4.99. The topological polar surface area (TPSA) is 55.8 Å². The number of hydrogen-bond donors (Lipinski definition) is 0. The minimum absolute atomic E-state index is 0.00945. The van der Waals surface area contributed by atoms with Gasteiger partial charge in [0.05, 0.1) is 25.7 Å². The zero-order valence-electron chi connectivity index (χ0n) is 18.7. The molecule has 30 heavy (non-hydrogen) atoms. The molecular weight excluding hydrogens is 441 g/mol. The van der Waals surface area contributed by atoms with Gasteiger partial charge in [0, 0.05) is 12.5 Å². The molecule has 1 aromatic rings. The number of nitrogens with zero attached hydrogens (tertiary/aromatic N) is 1. The van der Waals surface area contributed by atoms with E-state index in [9.17, 15) is 9.59 Å². The van der Waals surface area contributed by atoms with Gasteiger partial charge in [-0.1, -0.05) is 74.3 Å². The van der Waals surface area contributed by atoms with Crippen LogP contribution in [-0.2, 0) is 25.3 Å². The number of halogens is 2. The van der Waals surface area contributed by atoms with Crippen LogP contribution in [0.25, 0.3) is 0 Å². The minimum atomic E-state index is -2.09. The van der Waals surface area contributed by atoms with Gasteiger partial charge in [0.15, 0.2) is 8.32 Å². The number of alkyl halides is 2. The molecule has 0 radical (unpaired) electrons. The van der Waals surface area contributed by atoms with Crippen LogP contribution < -0.4 is 0 Å². The molecule has 0 N–H and O–H groups in total. The smallest absolute Gasteiger partial charge is 0.306 e. The summed E-state index contributed by atoms with van der Waals surface area (Å²) in [7, 11) is -2.09. The van der Waals surface area contributed by atoms with Gasteiger partial charge in [0.1, 0.15) is 0 Å². The number of carbonyl (C=O) groups excluding carboxylic acids is 2. The van der Waals surface area contributed by atoms with Crippen LogP contribution in [0.2, 0.25) is 18.1 Å². The second kappa shape index (κ2) is 9.59. The summed E-state index contributed by atoms with van der Waals surface area (Å²) in [6, 6.07) is 9.23. The Labute approximate surface area is 191 Å². The van der Waals surface area contributed by atoms with Gasteiger partial charge in [-0.2, -0.15) is 0 Å². The first-order chi connectivity index (χ1) is 13.8. The highest BCUT2D eigenvalue weighted by molar-refractivity contribution is 6.74. The number of likely N-dealkylation sites (tertiary alicyclic amines) is 1. The normalized spacial score (nSPS) is 21.7. The Hall–Kier alpha value is -1.08. The average molecular weight is 475 g/mol. The Morgan fingerprint density at radius 1 is 1.20 bits per heavy atom. The van der Waals surface area contributed by atoms with Crippen LogP contribution in [0.15, 0.2) is 30.3 Å². The Morgan fingerprint density at radius 2 is 1.80 bits per heavy atom. The second-order valence-electron chi connectivity index (χ2n) is 9.30. The lowest BCUT2D eigenvalue weighted by Crippen LogP contribution is -2.46. The van der Waals surface area contributed by atoms with Crippen molar-refractivity contribution in [2.45, 2.75) is 69.2 Å². The number of esters is 1. The lowest BCUT2D eigenvalue weighted by atomic mass is 9.96. The first kappa shape index (κ1) is 25.2. The molecule has 0 unspecified atom stereocenters. The van der Waals surface area contributed by atoms with E-state index in [4.69, 9.17) is 32.4 Å². The molecule has 1 aliphatic heterocycles. The van der Waals surface area contributed by atoms with E-state index in [1.54, 1.807) is 11.8 Å². The summed E-state index contributed by atoms with van der Waals surface area (Å²) in [6.07, 6.45) is -0.0383. The van der Waals surface area contributed by atoms with Crippen LogP contribution in [0.3, 0.4) is 0 Å². The van der Waals surface area contributed by atoms with Crippen molar-refractivity contribution in [1.29, 1.82) is 0 Å². The van der Waals surface area contributed by atoms with Crippen molar-refractivity contribution >= 4 is 43.4 Å². The number of amides is 1. The van der Waals surface area contributed by atoms with Crippen molar-refractivity contribution in [2.24, 2.45) is 5.92 Å². The van der Waals surface area contributed by atoms with E-state index in [-0.39, 0.29) is 24.7 Å². The maximum absolute atomic E-state index is 13.2. The van der Waals surface area contributed by atoms with E-state index in [0.717, 1.165) is 5.56 Å². The first-order valence-corrected chi connectivity index (χ1v) is 14.0. The van der Waals surface area contributed by atoms with Crippen LogP contribution in [0.1, 0.15) is 39.7 Å². The Kier molecular flexibility index (Phi) is 8.05. The molecular formula is C22H33Cl2NO4Si. The van der Waals surface area contributed by atoms with Gasteiger partial charge in [-0.15, -0.1) is 0 Å². The van der Waals surface area contributed by atoms with Gasteiger partial charge in [-0.3, -0.25) is 9.59 Å². The molecule has 168 valence electrons. The Bertz CT molecular complexity index is 749. The molecule has 1 fully saturated rings. The number of hydrogen-bond acceptors (Lipinski definition) is 4.